The highest BCUT2D eigenvalue weighted by atomic mass is 16.2. The fourth-order valence-corrected chi connectivity index (χ4v) is 2.66. The zero-order chi connectivity index (χ0) is 25.2. The molecule has 0 N–H and O–H groups in total. The molecule has 2 aromatic carbocycles. The average Bonchev–Trinajstić information content (AvgIpc) is 2.90. The summed E-state index contributed by atoms with van der Waals surface area (Å²) in [5.74, 6) is 7.40. The van der Waals surface area contributed by atoms with Gasteiger partial charge in [0.15, 0.2) is 0 Å². The van der Waals surface area contributed by atoms with Crippen LogP contribution in [0.2, 0.25) is 0 Å². The quantitative estimate of drug-likeness (QED) is 0.425. The number of carbonyl (C=O) groups is 4. The highest BCUT2D eigenvalue weighted by Gasteiger charge is 2.13. The Bertz CT molecular complexity index is 1020. The van der Waals surface area contributed by atoms with Crippen molar-refractivity contribution in [3.05, 3.63) is 71.8 Å². The van der Waals surface area contributed by atoms with Crippen LogP contribution >= 0.6 is 0 Å². The molecule has 0 aromatic heterocycles. The molecule has 34 heavy (non-hydrogen) atoms. The van der Waals surface area contributed by atoms with E-state index < -0.39 is 0 Å². The molecule has 0 saturated heterocycles. The molecule has 0 aliphatic rings. The lowest BCUT2D eigenvalue weighted by Crippen LogP contribution is -2.30. The minimum atomic E-state index is -0.376. The molecule has 4 amide bonds. The number of nitrogens with zero attached hydrogens (tertiary/aromatic N) is 3. The van der Waals surface area contributed by atoms with Crippen LogP contribution in [0.5, 0.6) is 0 Å². The van der Waals surface area contributed by atoms with Gasteiger partial charge in [-0.2, -0.15) is 0 Å². The Morgan fingerprint density at radius 2 is 1.15 bits per heavy atom. The fraction of sp³-hybridized carbons (Fsp3) is 0.259. The number of hydrogen-bond acceptors (Lipinski definition) is 5. The lowest BCUT2D eigenvalue weighted by atomic mass is 10.2. The van der Waals surface area contributed by atoms with E-state index >= 15 is 0 Å². The Labute approximate surface area is 201 Å². The predicted molar refractivity (Wildman–Crippen MR) is 131 cm³/mol. The molecule has 7 nitrogen and oxygen atoms in total. The number of carbonyl (C=O) groups excluding carboxylic acids is 4. The zero-order valence-corrected chi connectivity index (χ0v) is 19.5. The maximum Gasteiger partial charge on any atom is 0.261 e. The van der Waals surface area contributed by atoms with Crippen molar-refractivity contribution in [2.45, 2.75) is 13.8 Å². The van der Waals surface area contributed by atoms with E-state index in [4.69, 9.17) is 6.42 Å². The molecule has 0 spiro atoms. The van der Waals surface area contributed by atoms with E-state index in [1.165, 1.54) is 0 Å². The summed E-state index contributed by atoms with van der Waals surface area (Å²) in [7, 11) is 0. The van der Waals surface area contributed by atoms with Crippen LogP contribution in [0.15, 0.2) is 60.7 Å². The van der Waals surface area contributed by atoms with E-state index in [1.807, 2.05) is 6.07 Å². The minimum Gasteiger partial charge on any atom is -0.293 e. The van der Waals surface area contributed by atoms with Crippen LogP contribution < -0.4 is 0 Å². The Morgan fingerprint density at radius 3 is 1.53 bits per heavy atom. The first kappa shape index (κ1) is 27.8. The van der Waals surface area contributed by atoms with Crippen LogP contribution in [0.3, 0.4) is 0 Å². The molecule has 0 saturated carbocycles. The molecule has 0 atom stereocenters. The van der Waals surface area contributed by atoms with Crippen molar-refractivity contribution >= 4 is 24.6 Å². The molecular weight excluding hydrogens is 430 g/mol. The Kier molecular flexibility index (Phi) is 13.5. The smallest absolute Gasteiger partial charge is 0.261 e. The SMILES string of the molecule is C#CCN(C=O)C(=O)c1ccccc1.CCN(CC)CC#CCN(C=O)C(=O)c1ccccc1. The van der Waals surface area contributed by atoms with Gasteiger partial charge >= 0.3 is 0 Å². The monoisotopic (exact) mass is 459 g/mol. The van der Waals surface area contributed by atoms with Gasteiger partial charge in [0, 0.05) is 11.1 Å². The maximum absolute atomic E-state index is 12.0. The van der Waals surface area contributed by atoms with Crippen LogP contribution in [-0.2, 0) is 9.59 Å². The predicted octanol–water partition coefficient (Wildman–Crippen LogP) is 2.55. The summed E-state index contributed by atoms with van der Waals surface area (Å²) in [6, 6.07) is 17.2. The first-order valence-electron chi connectivity index (χ1n) is 10.8. The summed E-state index contributed by atoms with van der Waals surface area (Å²) in [5.41, 5.74) is 0.944. The van der Waals surface area contributed by atoms with Crippen LogP contribution in [0.25, 0.3) is 0 Å². The van der Waals surface area contributed by atoms with Crippen molar-refractivity contribution in [2.75, 3.05) is 32.7 Å². The molecule has 2 rings (SSSR count). The second-order valence-corrected chi connectivity index (χ2v) is 6.83. The number of rotatable bonds is 9. The Hall–Kier alpha value is -4.20. The van der Waals surface area contributed by atoms with Crippen molar-refractivity contribution in [1.29, 1.82) is 0 Å². The largest absolute Gasteiger partial charge is 0.293 e. The highest BCUT2D eigenvalue weighted by Crippen LogP contribution is 2.03. The molecule has 0 aliphatic carbocycles. The molecule has 0 aliphatic heterocycles. The van der Waals surface area contributed by atoms with Gasteiger partial charge in [-0.3, -0.25) is 33.9 Å². The molecule has 0 fully saturated rings. The average molecular weight is 460 g/mol. The van der Waals surface area contributed by atoms with Crippen LogP contribution in [-0.4, -0.2) is 72.1 Å². The van der Waals surface area contributed by atoms with Crippen LogP contribution in [0.1, 0.15) is 34.6 Å². The van der Waals surface area contributed by atoms with Crippen molar-refractivity contribution in [1.82, 2.24) is 14.7 Å². The standard InChI is InChI=1S/C16H20N2O2.C11H9NO2/c1-3-17(4-2)12-8-9-13-18(14-19)16(20)15-10-6-5-7-11-15;1-2-8-12(9-13)11(14)10-6-4-3-5-7-10/h5-7,10-11,14H,3-4,12-13H2,1-2H3;1,3-7,9H,8H2. The number of amides is 4. The van der Waals surface area contributed by atoms with E-state index in [0.29, 0.717) is 30.5 Å². The molecule has 7 heteroatoms. The molecule has 0 bridgehead atoms. The van der Waals surface area contributed by atoms with Crippen molar-refractivity contribution in [3.8, 4) is 24.2 Å². The fourth-order valence-electron chi connectivity index (χ4n) is 2.66. The molecule has 0 unspecified atom stereocenters. The molecular formula is C27H29N3O4. The Balaban J connectivity index is 0.000000362. The number of benzene rings is 2. The Morgan fingerprint density at radius 1 is 0.735 bits per heavy atom. The summed E-state index contributed by atoms with van der Waals surface area (Å²) in [6.07, 6.45) is 5.99. The van der Waals surface area contributed by atoms with E-state index in [9.17, 15) is 19.2 Å². The van der Waals surface area contributed by atoms with E-state index in [1.54, 1.807) is 54.6 Å². The van der Waals surface area contributed by atoms with Gasteiger partial charge in [0.05, 0.1) is 19.6 Å². The molecule has 0 radical (unpaired) electrons. The van der Waals surface area contributed by atoms with Crippen molar-refractivity contribution in [2.24, 2.45) is 0 Å². The normalized spacial score (nSPS) is 9.35. The first-order valence-corrected chi connectivity index (χ1v) is 10.8. The van der Waals surface area contributed by atoms with Gasteiger partial charge in [0.1, 0.15) is 0 Å². The second kappa shape index (κ2) is 16.4. The second-order valence-electron chi connectivity index (χ2n) is 6.83. The summed E-state index contributed by atoms with van der Waals surface area (Å²) >= 11 is 0. The summed E-state index contributed by atoms with van der Waals surface area (Å²) in [6.45, 7) is 6.79. The lowest BCUT2D eigenvalue weighted by molar-refractivity contribution is -0.116. The van der Waals surface area contributed by atoms with Gasteiger partial charge in [-0.1, -0.05) is 68.0 Å². The highest BCUT2D eigenvalue weighted by molar-refractivity contribution is 6.00. The van der Waals surface area contributed by atoms with Gasteiger partial charge in [-0.05, 0) is 37.4 Å². The van der Waals surface area contributed by atoms with Gasteiger partial charge in [0.2, 0.25) is 12.8 Å². The molecule has 176 valence electrons. The third kappa shape index (κ3) is 9.52. The van der Waals surface area contributed by atoms with Crippen molar-refractivity contribution in [3.63, 3.8) is 0 Å². The summed E-state index contributed by atoms with van der Waals surface area (Å²) in [4.78, 5) is 49.3. The number of imide groups is 2. The summed E-state index contributed by atoms with van der Waals surface area (Å²) < 4.78 is 0. The van der Waals surface area contributed by atoms with Gasteiger partial charge < -0.3 is 0 Å². The maximum atomic E-state index is 12.0. The van der Waals surface area contributed by atoms with E-state index in [-0.39, 0.29) is 24.9 Å². The van der Waals surface area contributed by atoms with E-state index in [2.05, 4.69) is 36.5 Å². The third-order valence-electron chi connectivity index (χ3n) is 4.65. The number of hydrogen-bond donors (Lipinski definition) is 0. The van der Waals surface area contributed by atoms with E-state index in [0.717, 1.165) is 22.9 Å². The minimum absolute atomic E-state index is 0.00275. The van der Waals surface area contributed by atoms with Gasteiger partial charge in [-0.15, -0.1) is 6.42 Å². The molecule has 2 aromatic rings. The topological polar surface area (TPSA) is 78.0 Å². The van der Waals surface area contributed by atoms with Gasteiger partial charge in [0.25, 0.3) is 11.8 Å². The van der Waals surface area contributed by atoms with Gasteiger partial charge in [-0.25, -0.2) is 0 Å². The number of terminal acetylenes is 1. The van der Waals surface area contributed by atoms with Crippen LogP contribution in [0.4, 0.5) is 0 Å². The molecule has 0 heterocycles. The lowest BCUT2D eigenvalue weighted by Gasteiger charge is -2.14. The zero-order valence-electron chi connectivity index (χ0n) is 19.5. The summed E-state index contributed by atoms with van der Waals surface area (Å²) in [5, 5.41) is 0. The third-order valence-corrected chi connectivity index (χ3v) is 4.65. The first-order chi connectivity index (χ1) is 16.5. The van der Waals surface area contributed by atoms with Crippen molar-refractivity contribution < 1.29 is 19.2 Å². The van der Waals surface area contributed by atoms with Crippen LogP contribution in [0, 0.1) is 24.2 Å².